The lowest BCUT2D eigenvalue weighted by Gasteiger charge is -2.27. The number of benzene rings is 1. The fourth-order valence-electron chi connectivity index (χ4n) is 3.20. The summed E-state index contributed by atoms with van der Waals surface area (Å²) in [6.45, 7) is 4.52. The van der Waals surface area contributed by atoms with E-state index in [-0.39, 0.29) is 11.4 Å². The van der Waals surface area contributed by atoms with E-state index in [9.17, 15) is 14.7 Å². The van der Waals surface area contributed by atoms with Gasteiger partial charge in [-0.05, 0) is 35.9 Å². The first-order valence-electron chi connectivity index (χ1n) is 8.44. The van der Waals surface area contributed by atoms with Gasteiger partial charge in [-0.2, -0.15) is 0 Å². The zero-order valence-electron chi connectivity index (χ0n) is 14.4. The normalized spacial score (nSPS) is 17.4. The molecule has 1 aliphatic heterocycles. The van der Waals surface area contributed by atoms with Gasteiger partial charge in [0, 0.05) is 6.54 Å². The zero-order chi connectivity index (χ0) is 18.0. The van der Waals surface area contributed by atoms with Gasteiger partial charge in [0.25, 0.3) is 5.91 Å². The van der Waals surface area contributed by atoms with Gasteiger partial charge in [0.2, 0.25) is 5.78 Å². The third kappa shape index (κ3) is 3.12. The maximum atomic E-state index is 13.0. The number of rotatable bonds is 6. The minimum Gasteiger partial charge on any atom is -0.503 e. The number of amides is 1. The molecule has 0 saturated heterocycles. The summed E-state index contributed by atoms with van der Waals surface area (Å²) in [5.74, 6) is -1.14. The number of unbranched alkanes of at least 4 members (excludes halogenated alkanes) is 1. The number of ketones is 1. The molecule has 2 aromatic rings. The Morgan fingerprint density at radius 3 is 2.64 bits per heavy atom. The fraction of sp³-hybridized carbons (Fsp3) is 0.300. The van der Waals surface area contributed by atoms with Crippen molar-refractivity contribution in [3.8, 4) is 0 Å². The van der Waals surface area contributed by atoms with Gasteiger partial charge in [-0.1, -0.05) is 43.7 Å². The van der Waals surface area contributed by atoms with E-state index in [2.05, 4.69) is 0 Å². The molecule has 1 aliphatic rings. The molecule has 0 saturated carbocycles. The van der Waals surface area contributed by atoms with Crippen LogP contribution in [0.5, 0.6) is 0 Å². The number of hydrogen-bond donors (Lipinski definition) is 1. The smallest absolute Gasteiger partial charge is 0.290 e. The summed E-state index contributed by atoms with van der Waals surface area (Å²) in [6.07, 6.45) is 1.75. The number of carbonyl (C=O) groups excluding carboxylic acids is 2. The van der Waals surface area contributed by atoms with E-state index in [1.165, 1.54) is 11.3 Å². The van der Waals surface area contributed by atoms with Crippen molar-refractivity contribution in [3.63, 3.8) is 0 Å². The second-order valence-electron chi connectivity index (χ2n) is 6.18. The lowest BCUT2D eigenvalue weighted by Crippen LogP contribution is -2.32. The van der Waals surface area contributed by atoms with Crippen LogP contribution < -0.4 is 0 Å². The number of Topliss-reactive ketones (excluding diaryl/α,β-unsaturated/α-hetero) is 1. The minimum absolute atomic E-state index is 0.192. The van der Waals surface area contributed by atoms with Crippen LogP contribution in [0.25, 0.3) is 0 Å². The summed E-state index contributed by atoms with van der Waals surface area (Å²) in [6, 6.07) is 10.7. The fourth-order valence-corrected chi connectivity index (χ4v) is 3.88. The molecule has 4 nitrogen and oxygen atoms in total. The Kier molecular flexibility index (Phi) is 5.04. The molecule has 1 aromatic carbocycles. The van der Waals surface area contributed by atoms with E-state index in [0.29, 0.717) is 11.4 Å². The number of aliphatic hydroxyl groups is 1. The summed E-state index contributed by atoms with van der Waals surface area (Å²) < 4.78 is 0. The minimum atomic E-state index is -0.533. The van der Waals surface area contributed by atoms with Crippen LogP contribution in [-0.4, -0.2) is 28.2 Å². The van der Waals surface area contributed by atoms with Crippen molar-refractivity contribution < 1.29 is 14.7 Å². The zero-order valence-corrected chi connectivity index (χ0v) is 15.2. The van der Waals surface area contributed by atoms with E-state index in [4.69, 9.17) is 0 Å². The van der Waals surface area contributed by atoms with Crippen molar-refractivity contribution in [2.75, 3.05) is 6.54 Å². The molecule has 5 heteroatoms. The van der Waals surface area contributed by atoms with Gasteiger partial charge in [0.15, 0.2) is 5.76 Å². The molecule has 1 unspecified atom stereocenters. The molecule has 2 heterocycles. The molecule has 1 aromatic heterocycles. The van der Waals surface area contributed by atoms with Gasteiger partial charge in [-0.15, -0.1) is 11.3 Å². The number of nitrogens with zero attached hydrogens (tertiary/aromatic N) is 1. The highest BCUT2D eigenvalue weighted by molar-refractivity contribution is 7.12. The second kappa shape index (κ2) is 7.23. The topological polar surface area (TPSA) is 57.6 Å². The van der Waals surface area contributed by atoms with Crippen LogP contribution in [0, 0.1) is 6.92 Å². The van der Waals surface area contributed by atoms with Gasteiger partial charge in [0.1, 0.15) is 0 Å². The van der Waals surface area contributed by atoms with Crippen molar-refractivity contribution in [3.05, 3.63) is 69.1 Å². The van der Waals surface area contributed by atoms with Crippen LogP contribution in [0.1, 0.15) is 46.6 Å². The molecule has 1 N–H and O–H groups in total. The molecule has 0 bridgehead atoms. The van der Waals surface area contributed by atoms with Crippen LogP contribution in [0.15, 0.2) is 53.1 Å². The molecule has 0 fully saturated rings. The van der Waals surface area contributed by atoms with Gasteiger partial charge in [-0.3, -0.25) is 9.59 Å². The quantitative estimate of drug-likeness (QED) is 0.780. The third-order valence-electron chi connectivity index (χ3n) is 4.53. The first-order chi connectivity index (χ1) is 12.1. The Balaban J connectivity index is 2.10. The molecule has 0 aliphatic carbocycles. The van der Waals surface area contributed by atoms with Crippen LogP contribution in [0.4, 0.5) is 0 Å². The highest BCUT2D eigenvalue weighted by Gasteiger charge is 2.43. The van der Waals surface area contributed by atoms with E-state index in [1.54, 1.807) is 17.0 Å². The average molecular weight is 355 g/mol. The van der Waals surface area contributed by atoms with Crippen LogP contribution in [0.2, 0.25) is 0 Å². The number of carbonyl (C=O) groups is 2. The van der Waals surface area contributed by atoms with Gasteiger partial charge >= 0.3 is 0 Å². The van der Waals surface area contributed by atoms with Crippen LogP contribution >= 0.6 is 11.3 Å². The maximum Gasteiger partial charge on any atom is 0.290 e. The highest BCUT2D eigenvalue weighted by Crippen LogP contribution is 2.40. The SMILES string of the molecule is CCCCN1C(=O)C(O)=C(C(=O)c2cccs2)C1c1ccccc1C. The first-order valence-corrected chi connectivity index (χ1v) is 9.32. The van der Waals surface area contributed by atoms with E-state index in [0.717, 1.165) is 24.0 Å². The molecule has 130 valence electrons. The van der Waals surface area contributed by atoms with Crippen molar-refractivity contribution >= 4 is 23.0 Å². The Bertz CT molecular complexity index is 823. The summed E-state index contributed by atoms with van der Waals surface area (Å²) in [5, 5.41) is 12.3. The second-order valence-corrected chi connectivity index (χ2v) is 7.13. The molecule has 3 rings (SSSR count). The van der Waals surface area contributed by atoms with E-state index >= 15 is 0 Å². The van der Waals surface area contributed by atoms with E-state index in [1.807, 2.05) is 43.5 Å². The van der Waals surface area contributed by atoms with Gasteiger partial charge < -0.3 is 10.0 Å². The average Bonchev–Trinajstić information content (AvgIpc) is 3.22. The first kappa shape index (κ1) is 17.4. The molecule has 25 heavy (non-hydrogen) atoms. The van der Waals surface area contributed by atoms with Crippen molar-refractivity contribution in [1.82, 2.24) is 4.90 Å². The monoisotopic (exact) mass is 355 g/mol. The lowest BCUT2D eigenvalue weighted by molar-refractivity contribution is -0.129. The van der Waals surface area contributed by atoms with Crippen LogP contribution in [-0.2, 0) is 4.79 Å². The highest BCUT2D eigenvalue weighted by atomic mass is 32.1. The van der Waals surface area contributed by atoms with E-state index < -0.39 is 17.7 Å². The Labute approximate surface area is 151 Å². The Hall–Kier alpha value is -2.40. The molecule has 1 atom stereocenters. The number of hydrogen-bond acceptors (Lipinski definition) is 4. The summed E-state index contributed by atoms with van der Waals surface area (Å²) in [7, 11) is 0. The lowest BCUT2D eigenvalue weighted by atomic mass is 9.92. The predicted molar refractivity (Wildman–Crippen MR) is 98.8 cm³/mol. The Morgan fingerprint density at radius 2 is 2.00 bits per heavy atom. The summed E-state index contributed by atoms with van der Waals surface area (Å²) >= 11 is 1.32. The third-order valence-corrected chi connectivity index (χ3v) is 5.40. The number of aryl methyl sites for hydroxylation is 1. The largest absolute Gasteiger partial charge is 0.503 e. The molecule has 0 spiro atoms. The van der Waals surface area contributed by atoms with Crippen molar-refractivity contribution in [2.24, 2.45) is 0 Å². The summed E-state index contributed by atoms with van der Waals surface area (Å²) in [5.41, 5.74) is 2.07. The van der Waals surface area contributed by atoms with Crippen molar-refractivity contribution in [2.45, 2.75) is 32.7 Å². The molecule has 0 radical (unpaired) electrons. The molecular formula is C20H21NO3S. The molecular weight excluding hydrogens is 334 g/mol. The van der Waals surface area contributed by atoms with Gasteiger partial charge in [-0.25, -0.2) is 0 Å². The predicted octanol–water partition coefficient (Wildman–Crippen LogP) is 4.43. The van der Waals surface area contributed by atoms with Crippen molar-refractivity contribution in [1.29, 1.82) is 0 Å². The number of aliphatic hydroxyl groups excluding tert-OH is 1. The van der Waals surface area contributed by atoms with Crippen LogP contribution in [0.3, 0.4) is 0 Å². The standard InChI is InChI=1S/C20H21NO3S/c1-3-4-11-21-17(14-9-6-5-8-13(14)2)16(19(23)20(21)24)18(22)15-10-7-12-25-15/h5-10,12,17,23H,3-4,11H2,1-2H3. The molecule has 1 amide bonds. The Morgan fingerprint density at radius 1 is 1.24 bits per heavy atom. The number of thiophene rings is 1. The maximum absolute atomic E-state index is 13.0. The summed E-state index contributed by atoms with van der Waals surface area (Å²) in [4.78, 5) is 27.8. The van der Waals surface area contributed by atoms with Gasteiger partial charge in [0.05, 0.1) is 16.5 Å².